The number of rotatable bonds is 9. The van der Waals surface area contributed by atoms with Gasteiger partial charge in [-0.1, -0.05) is 0 Å². The van der Waals surface area contributed by atoms with Crippen LogP contribution in [0.4, 0.5) is 5.82 Å². The predicted octanol–water partition coefficient (Wildman–Crippen LogP) is 1.33. The van der Waals surface area contributed by atoms with E-state index < -0.39 is 24.6 Å². The normalized spacial score (nSPS) is 14.9. The van der Waals surface area contributed by atoms with Crippen LogP contribution in [0.3, 0.4) is 0 Å². The Bertz CT molecular complexity index is 1250. The largest absolute Gasteiger partial charge is 0.463 e. The topological polar surface area (TPSA) is 167 Å². The first-order valence-electron chi connectivity index (χ1n) is 11.2. The molecule has 35 heavy (non-hydrogen) atoms. The van der Waals surface area contributed by atoms with E-state index in [-0.39, 0.29) is 18.2 Å². The summed E-state index contributed by atoms with van der Waals surface area (Å²) in [5, 5.41) is 12.4. The average Bonchev–Trinajstić information content (AvgIpc) is 3.30. The molecule has 0 saturated carbocycles. The predicted molar refractivity (Wildman–Crippen MR) is 124 cm³/mol. The molecule has 182 valence electrons. The Morgan fingerprint density at radius 1 is 1.34 bits per heavy atom. The molecule has 1 unspecified atom stereocenters. The quantitative estimate of drug-likeness (QED) is 0.258. The van der Waals surface area contributed by atoms with Gasteiger partial charge in [0, 0.05) is 25.5 Å². The minimum Gasteiger partial charge on any atom is -0.463 e. The van der Waals surface area contributed by atoms with Crippen molar-refractivity contribution in [3.05, 3.63) is 41.9 Å². The third kappa shape index (κ3) is 5.60. The molecule has 3 N–H and O–H groups in total. The van der Waals surface area contributed by atoms with Crippen molar-refractivity contribution in [3.8, 4) is 11.9 Å². The van der Waals surface area contributed by atoms with Crippen LogP contribution in [0.2, 0.25) is 0 Å². The minimum atomic E-state index is -1.37. The van der Waals surface area contributed by atoms with Gasteiger partial charge in [0.05, 0.1) is 17.7 Å². The van der Waals surface area contributed by atoms with Gasteiger partial charge in [-0.2, -0.15) is 5.26 Å². The molecule has 1 atom stereocenters. The summed E-state index contributed by atoms with van der Waals surface area (Å²) < 4.78 is 17.2. The van der Waals surface area contributed by atoms with Crippen molar-refractivity contribution < 1.29 is 23.8 Å². The summed E-state index contributed by atoms with van der Waals surface area (Å²) >= 11 is 0. The molecule has 12 heteroatoms. The summed E-state index contributed by atoms with van der Waals surface area (Å²) in [6, 6.07) is 7.05. The first kappa shape index (κ1) is 24.2. The van der Waals surface area contributed by atoms with Crippen LogP contribution in [0.25, 0.3) is 17.0 Å². The Balaban J connectivity index is 1.65. The van der Waals surface area contributed by atoms with Crippen LogP contribution in [0, 0.1) is 11.3 Å². The number of imidazole rings is 1. The van der Waals surface area contributed by atoms with Crippen molar-refractivity contribution in [1.29, 1.82) is 5.26 Å². The number of fused-ring (bicyclic) bond motifs is 1. The Morgan fingerprint density at radius 2 is 2.14 bits per heavy atom. The highest BCUT2D eigenvalue weighted by Crippen LogP contribution is 2.25. The van der Waals surface area contributed by atoms with E-state index in [0.29, 0.717) is 41.6 Å². The SMILES string of the molecule is CCOC(=O)C(N)OCC(=O)c1cc2ncn(-c3ccc(C#N)cn3)c2nc1NC1CCOCC1. The Hall–Kier alpha value is -3.92. The summed E-state index contributed by atoms with van der Waals surface area (Å²) in [5.74, 6) is -0.278. The van der Waals surface area contributed by atoms with E-state index in [9.17, 15) is 9.59 Å². The van der Waals surface area contributed by atoms with Gasteiger partial charge < -0.3 is 19.5 Å². The Labute approximate surface area is 201 Å². The van der Waals surface area contributed by atoms with Crippen LogP contribution < -0.4 is 11.1 Å². The number of nitrogens with zero attached hydrogens (tertiary/aromatic N) is 5. The minimum absolute atomic E-state index is 0.0624. The van der Waals surface area contributed by atoms with Gasteiger partial charge in [0.25, 0.3) is 0 Å². The number of carbonyl (C=O) groups is 2. The maximum atomic E-state index is 13.1. The lowest BCUT2D eigenvalue weighted by Crippen LogP contribution is -2.36. The molecule has 0 bridgehead atoms. The van der Waals surface area contributed by atoms with Crippen molar-refractivity contribution >= 4 is 28.7 Å². The average molecular weight is 479 g/mol. The molecule has 1 saturated heterocycles. The highest BCUT2D eigenvalue weighted by Gasteiger charge is 2.23. The summed E-state index contributed by atoms with van der Waals surface area (Å²) in [6.07, 6.45) is 3.15. The lowest BCUT2D eigenvalue weighted by Gasteiger charge is -2.24. The lowest BCUT2D eigenvalue weighted by molar-refractivity contribution is -0.155. The monoisotopic (exact) mass is 479 g/mol. The molecule has 1 aliphatic heterocycles. The smallest absolute Gasteiger partial charge is 0.350 e. The molecule has 0 aliphatic carbocycles. The van der Waals surface area contributed by atoms with E-state index in [0.717, 1.165) is 12.8 Å². The summed E-state index contributed by atoms with van der Waals surface area (Å²) in [4.78, 5) is 38.2. The van der Waals surface area contributed by atoms with Gasteiger partial charge >= 0.3 is 5.97 Å². The standard InChI is InChI=1S/C23H25N7O5/c1-2-34-23(32)20(25)35-12-18(31)16-9-17-22(29-21(16)28-15-5-7-33-8-6-15)30(13-27-17)19-4-3-14(10-24)11-26-19/h3-4,9,11,13,15,20H,2,5-8,12,25H2,1H3,(H,28,29). The fourth-order valence-electron chi connectivity index (χ4n) is 3.60. The van der Waals surface area contributed by atoms with Gasteiger partial charge in [-0.15, -0.1) is 0 Å². The zero-order valence-corrected chi connectivity index (χ0v) is 19.1. The van der Waals surface area contributed by atoms with E-state index in [1.165, 1.54) is 6.20 Å². The van der Waals surface area contributed by atoms with E-state index in [1.54, 1.807) is 36.0 Å². The van der Waals surface area contributed by atoms with Crippen LogP contribution >= 0.6 is 0 Å². The van der Waals surface area contributed by atoms with Crippen molar-refractivity contribution in [1.82, 2.24) is 19.5 Å². The Kier molecular flexibility index (Phi) is 7.61. The molecule has 1 aliphatic rings. The maximum absolute atomic E-state index is 13.1. The van der Waals surface area contributed by atoms with Crippen LogP contribution in [0.5, 0.6) is 0 Å². The summed E-state index contributed by atoms with van der Waals surface area (Å²) in [5.41, 5.74) is 7.30. The van der Waals surface area contributed by atoms with E-state index in [2.05, 4.69) is 15.3 Å². The van der Waals surface area contributed by atoms with E-state index in [4.69, 9.17) is 30.2 Å². The lowest BCUT2D eigenvalue weighted by atomic mass is 10.1. The molecule has 0 aromatic carbocycles. The summed E-state index contributed by atoms with van der Waals surface area (Å²) in [7, 11) is 0. The number of ketones is 1. The number of hydrogen-bond donors (Lipinski definition) is 2. The van der Waals surface area contributed by atoms with Gasteiger partial charge in [-0.3, -0.25) is 15.1 Å². The number of Topliss-reactive ketones (excluding diaryl/α,β-unsaturated/α-hetero) is 1. The summed E-state index contributed by atoms with van der Waals surface area (Å²) in [6.45, 7) is 2.58. The number of ether oxygens (including phenoxy) is 3. The van der Waals surface area contributed by atoms with Gasteiger partial charge in [-0.05, 0) is 38.0 Å². The number of pyridine rings is 2. The molecule has 4 rings (SSSR count). The molecule has 3 aromatic heterocycles. The molecule has 0 spiro atoms. The van der Waals surface area contributed by atoms with Gasteiger partial charge in [0.15, 0.2) is 11.4 Å². The van der Waals surface area contributed by atoms with Crippen molar-refractivity contribution in [2.75, 3.05) is 31.7 Å². The van der Waals surface area contributed by atoms with Crippen molar-refractivity contribution in [2.45, 2.75) is 32.0 Å². The fraction of sp³-hybridized carbons (Fsp3) is 0.391. The van der Waals surface area contributed by atoms with Gasteiger partial charge in [-0.25, -0.2) is 19.7 Å². The number of carbonyl (C=O) groups excluding carboxylic acids is 2. The number of aromatic nitrogens is 4. The van der Waals surface area contributed by atoms with Crippen molar-refractivity contribution in [3.63, 3.8) is 0 Å². The van der Waals surface area contributed by atoms with Gasteiger partial charge in [0.2, 0.25) is 6.23 Å². The highest BCUT2D eigenvalue weighted by molar-refractivity contribution is 6.03. The molecule has 0 radical (unpaired) electrons. The molecule has 12 nitrogen and oxygen atoms in total. The first-order valence-corrected chi connectivity index (χ1v) is 11.2. The van der Waals surface area contributed by atoms with E-state index >= 15 is 0 Å². The maximum Gasteiger partial charge on any atom is 0.350 e. The van der Waals surface area contributed by atoms with Crippen LogP contribution in [-0.4, -0.2) is 70.0 Å². The molecular weight excluding hydrogens is 454 g/mol. The molecule has 0 amide bonds. The second-order valence-electron chi connectivity index (χ2n) is 7.80. The number of esters is 1. The van der Waals surface area contributed by atoms with Crippen LogP contribution in [0.15, 0.2) is 30.7 Å². The number of nitrogens with one attached hydrogen (secondary N) is 1. The number of nitrogens with two attached hydrogens (primary N) is 1. The second-order valence-corrected chi connectivity index (χ2v) is 7.80. The van der Waals surface area contributed by atoms with Crippen LogP contribution in [0.1, 0.15) is 35.7 Å². The first-order chi connectivity index (χ1) is 17.0. The second kappa shape index (κ2) is 11.0. The van der Waals surface area contributed by atoms with Crippen LogP contribution in [-0.2, 0) is 19.0 Å². The third-order valence-electron chi connectivity index (χ3n) is 5.42. The molecule has 4 heterocycles. The van der Waals surface area contributed by atoms with Gasteiger partial charge in [0.1, 0.15) is 36.2 Å². The Morgan fingerprint density at radius 3 is 2.83 bits per heavy atom. The fourth-order valence-corrected chi connectivity index (χ4v) is 3.60. The third-order valence-corrected chi connectivity index (χ3v) is 5.42. The highest BCUT2D eigenvalue weighted by atomic mass is 16.6. The van der Waals surface area contributed by atoms with Crippen molar-refractivity contribution in [2.24, 2.45) is 5.73 Å². The number of nitriles is 1. The van der Waals surface area contributed by atoms with E-state index in [1.807, 2.05) is 6.07 Å². The molecule has 1 fully saturated rings. The number of hydrogen-bond acceptors (Lipinski definition) is 11. The molecule has 3 aromatic rings. The zero-order valence-electron chi connectivity index (χ0n) is 19.1. The number of anilines is 1. The zero-order chi connectivity index (χ0) is 24.8. The molecular formula is C23H25N7O5.